The molecule has 0 aliphatic heterocycles. The number of thiazole rings is 1. The Morgan fingerprint density at radius 3 is 1.89 bits per heavy atom. The van der Waals surface area contributed by atoms with Crippen molar-refractivity contribution in [3.8, 4) is 0 Å². The van der Waals surface area contributed by atoms with Crippen molar-refractivity contribution in [2.45, 2.75) is 77.2 Å². The topological polar surface area (TPSA) is 138 Å². The minimum absolute atomic E-state index is 0.0292. The van der Waals surface area contributed by atoms with Gasteiger partial charge in [0, 0.05) is 44.3 Å². The first-order valence-corrected chi connectivity index (χ1v) is 14.8. The number of nitrogens with one attached hydrogen (secondary N) is 1. The van der Waals surface area contributed by atoms with Gasteiger partial charge in [-0.3, -0.25) is 9.59 Å². The fourth-order valence-corrected chi connectivity index (χ4v) is 5.91. The van der Waals surface area contributed by atoms with E-state index in [-0.39, 0.29) is 46.2 Å². The van der Waals surface area contributed by atoms with E-state index in [4.69, 9.17) is 14.2 Å². The fraction of sp³-hybridized carbons (Fsp3) is 0.750. The lowest BCUT2D eigenvalue weighted by atomic mass is 10.1. The Balaban J connectivity index is 2.01. The molecule has 12 heteroatoms. The minimum Gasteiger partial charge on any atom is -0.379 e. The first kappa shape index (κ1) is 32.3. The predicted octanol–water partition coefficient (Wildman–Crippen LogP) is 3.51. The van der Waals surface area contributed by atoms with E-state index in [1.54, 1.807) is 13.8 Å². The van der Waals surface area contributed by atoms with E-state index in [2.05, 4.69) is 10.3 Å². The van der Waals surface area contributed by atoms with Gasteiger partial charge in [0.15, 0.2) is 20.0 Å². The van der Waals surface area contributed by atoms with Crippen molar-refractivity contribution < 1.29 is 37.0 Å². The van der Waals surface area contributed by atoms with Gasteiger partial charge in [-0.1, -0.05) is 0 Å². The molecule has 206 valence electrons. The molecule has 0 aliphatic carbocycles. The zero-order chi connectivity index (χ0) is 26.8. The number of Topliss-reactive ketones (excluding diaryl/α,β-unsaturated/α-hetero) is 2. The highest BCUT2D eigenvalue weighted by Crippen LogP contribution is 2.26. The normalized spacial score (nSPS) is 11.5. The van der Waals surface area contributed by atoms with Crippen LogP contribution in [0, 0.1) is 6.92 Å². The van der Waals surface area contributed by atoms with Crippen LogP contribution < -0.4 is 5.32 Å². The maximum absolute atomic E-state index is 12.5. The summed E-state index contributed by atoms with van der Waals surface area (Å²) in [6.07, 6.45) is 4.61. The van der Waals surface area contributed by atoms with Gasteiger partial charge in [-0.15, -0.1) is 11.3 Å². The molecule has 0 spiro atoms. The molecule has 1 rings (SSSR count). The molecular weight excluding hydrogens is 508 g/mol. The average molecular weight is 549 g/mol. The molecule has 0 atom stereocenters. The van der Waals surface area contributed by atoms with E-state index in [0.29, 0.717) is 63.8 Å². The molecule has 0 fully saturated rings. The van der Waals surface area contributed by atoms with Crippen molar-refractivity contribution in [2.75, 3.05) is 50.7 Å². The molecule has 1 heterocycles. The van der Waals surface area contributed by atoms with Gasteiger partial charge in [0.25, 0.3) is 0 Å². The number of hydrogen-bond donors (Lipinski definition) is 1. The number of amides is 1. The van der Waals surface area contributed by atoms with Crippen molar-refractivity contribution in [2.24, 2.45) is 0 Å². The number of aromatic nitrogens is 1. The van der Waals surface area contributed by atoms with Crippen LogP contribution in [0.3, 0.4) is 0 Å². The van der Waals surface area contributed by atoms with Gasteiger partial charge in [0.2, 0.25) is 5.91 Å². The molecule has 0 bridgehead atoms. The summed E-state index contributed by atoms with van der Waals surface area (Å²) in [6, 6.07) is 0. The molecule has 0 aliphatic rings. The second-order valence-electron chi connectivity index (χ2n) is 8.48. The number of carbonyl (C=O) groups is 3. The number of ether oxygens (including phenoxy) is 3. The second-order valence-corrected chi connectivity index (χ2v) is 11.7. The third-order valence-corrected chi connectivity index (χ3v) is 7.83. The van der Waals surface area contributed by atoms with Crippen LogP contribution in [0.5, 0.6) is 0 Å². The van der Waals surface area contributed by atoms with Crippen molar-refractivity contribution in [3.63, 3.8) is 0 Å². The smallest absolute Gasteiger partial charge is 0.223 e. The SMILES string of the molecule is CC(=O)CCCCOCCOCCOCCCCC(=O)CCCS(=O)(=O)c1nc(NC(C)=O)sc1C. The number of rotatable bonds is 22. The summed E-state index contributed by atoms with van der Waals surface area (Å²) in [4.78, 5) is 38.5. The van der Waals surface area contributed by atoms with Gasteiger partial charge in [-0.05, 0) is 46.0 Å². The Kier molecular flexibility index (Phi) is 16.6. The highest BCUT2D eigenvalue weighted by molar-refractivity contribution is 7.91. The highest BCUT2D eigenvalue weighted by Gasteiger charge is 2.22. The molecule has 0 saturated carbocycles. The molecule has 0 saturated heterocycles. The summed E-state index contributed by atoms with van der Waals surface area (Å²) >= 11 is 1.11. The molecule has 10 nitrogen and oxygen atoms in total. The van der Waals surface area contributed by atoms with E-state index in [0.717, 1.165) is 30.6 Å². The number of ketones is 2. The molecule has 1 aromatic heterocycles. The van der Waals surface area contributed by atoms with Crippen LogP contribution in [0.4, 0.5) is 5.13 Å². The van der Waals surface area contributed by atoms with Gasteiger partial charge < -0.3 is 24.3 Å². The van der Waals surface area contributed by atoms with Crippen molar-refractivity contribution >= 4 is 43.8 Å². The summed E-state index contributed by atoms with van der Waals surface area (Å²) < 4.78 is 41.4. The van der Waals surface area contributed by atoms with E-state index in [1.807, 2.05) is 0 Å². The van der Waals surface area contributed by atoms with Crippen LogP contribution in [-0.2, 0) is 38.4 Å². The zero-order valence-electron chi connectivity index (χ0n) is 21.6. The Morgan fingerprint density at radius 2 is 1.33 bits per heavy atom. The quantitative estimate of drug-likeness (QED) is 0.216. The average Bonchev–Trinajstić information content (AvgIpc) is 3.16. The summed E-state index contributed by atoms with van der Waals surface area (Å²) in [7, 11) is -3.61. The first-order valence-electron chi connectivity index (χ1n) is 12.3. The fourth-order valence-electron chi connectivity index (χ4n) is 3.20. The Morgan fingerprint density at radius 1 is 0.806 bits per heavy atom. The van der Waals surface area contributed by atoms with Gasteiger partial charge in [-0.2, -0.15) is 0 Å². The van der Waals surface area contributed by atoms with Crippen molar-refractivity contribution in [1.82, 2.24) is 4.98 Å². The van der Waals surface area contributed by atoms with Crippen LogP contribution in [0.2, 0.25) is 0 Å². The van der Waals surface area contributed by atoms with E-state index >= 15 is 0 Å². The van der Waals surface area contributed by atoms with Crippen molar-refractivity contribution in [3.05, 3.63) is 4.88 Å². The summed E-state index contributed by atoms with van der Waals surface area (Å²) in [6.45, 7) is 7.71. The van der Waals surface area contributed by atoms with Crippen LogP contribution in [-0.4, -0.2) is 76.3 Å². The van der Waals surface area contributed by atoms with Crippen LogP contribution >= 0.6 is 11.3 Å². The van der Waals surface area contributed by atoms with Crippen LogP contribution in [0.15, 0.2) is 5.03 Å². The lowest BCUT2D eigenvalue weighted by Gasteiger charge is -2.07. The van der Waals surface area contributed by atoms with E-state index < -0.39 is 9.84 Å². The third-order valence-electron chi connectivity index (χ3n) is 5.01. The minimum atomic E-state index is -3.61. The number of anilines is 1. The summed E-state index contributed by atoms with van der Waals surface area (Å²) in [5.41, 5.74) is 0. The van der Waals surface area contributed by atoms with E-state index in [1.165, 1.54) is 6.92 Å². The van der Waals surface area contributed by atoms with Gasteiger partial charge in [0.05, 0.1) is 32.2 Å². The molecule has 0 aromatic carbocycles. The number of hydrogen-bond acceptors (Lipinski definition) is 10. The Hall–Kier alpha value is -1.73. The summed E-state index contributed by atoms with van der Waals surface area (Å²) in [5.74, 6) is -0.232. The number of carbonyl (C=O) groups excluding carboxylic acids is 3. The van der Waals surface area contributed by atoms with Crippen LogP contribution in [0.25, 0.3) is 0 Å². The molecule has 1 aromatic rings. The Bertz CT molecular complexity index is 915. The lowest BCUT2D eigenvalue weighted by Crippen LogP contribution is -2.11. The zero-order valence-corrected chi connectivity index (χ0v) is 23.3. The van der Waals surface area contributed by atoms with E-state index in [9.17, 15) is 22.8 Å². The number of aryl methyl sites for hydroxylation is 1. The molecule has 36 heavy (non-hydrogen) atoms. The maximum Gasteiger partial charge on any atom is 0.223 e. The number of nitrogens with zero attached hydrogens (tertiary/aromatic N) is 1. The summed E-state index contributed by atoms with van der Waals surface area (Å²) in [5, 5.41) is 2.72. The van der Waals surface area contributed by atoms with Crippen molar-refractivity contribution in [1.29, 1.82) is 0 Å². The number of unbranched alkanes of at least 4 members (excludes halogenated alkanes) is 2. The molecule has 1 N–H and O–H groups in total. The lowest BCUT2D eigenvalue weighted by molar-refractivity contribution is -0.119. The Labute approximate surface area is 218 Å². The highest BCUT2D eigenvalue weighted by atomic mass is 32.2. The predicted molar refractivity (Wildman–Crippen MR) is 138 cm³/mol. The molecule has 1 amide bonds. The second kappa shape index (κ2) is 18.5. The molecule has 0 radical (unpaired) electrons. The van der Waals surface area contributed by atoms with Gasteiger partial charge in [0.1, 0.15) is 11.6 Å². The molecular formula is C24H40N2O8S2. The van der Waals surface area contributed by atoms with Gasteiger partial charge >= 0.3 is 0 Å². The van der Waals surface area contributed by atoms with Gasteiger partial charge in [-0.25, -0.2) is 13.4 Å². The standard InChI is InChI=1S/C24H40N2O8S2/c1-19(27)9-4-6-12-32-14-16-34-17-15-33-13-7-5-10-22(29)11-8-18-36(30,31)23-20(2)35-24(26-23)25-21(3)28/h4-18H2,1-3H3,(H,25,26,28). The third kappa shape index (κ3) is 15.4. The number of sulfone groups is 1. The largest absolute Gasteiger partial charge is 0.379 e. The monoisotopic (exact) mass is 548 g/mol. The van der Waals surface area contributed by atoms with Crippen LogP contribution in [0.1, 0.15) is 70.1 Å². The maximum atomic E-state index is 12.5. The first-order chi connectivity index (χ1) is 17.1. The molecule has 0 unspecified atom stereocenters.